The first-order valence-corrected chi connectivity index (χ1v) is 6.06. The minimum absolute atomic E-state index is 0.352. The van der Waals surface area contributed by atoms with Gasteiger partial charge in [0.2, 0.25) is 0 Å². The van der Waals surface area contributed by atoms with Crippen molar-refractivity contribution in [1.29, 1.82) is 0 Å². The van der Waals surface area contributed by atoms with Gasteiger partial charge in [-0.3, -0.25) is 0 Å². The lowest BCUT2D eigenvalue weighted by atomic mass is 9.79. The maximum atomic E-state index is 9.27. The normalized spacial score (nSPS) is 19.4. The standard InChI is InChI=1S/C14H21NO/c1-14(10-15-2,12-5-6-12)9-11-3-7-13(16)8-4-11/h3-4,7-8,12,15-16H,5-6,9-10H2,1-2H3. The van der Waals surface area contributed by atoms with Crippen molar-refractivity contribution in [2.24, 2.45) is 11.3 Å². The second-order valence-electron chi connectivity index (χ2n) is 5.30. The molecule has 0 radical (unpaired) electrons. The van der Waals surface area contributed by atoms with Gasteiger partial charge in [0.1, 0.15) is 5.75 Å². The van der Waals surface area contributed by atoms with Gasteiger partial charge >= 0.3 is 0 Å². The fourth-order valence-corrected chi connectivity index (χ4v) is 2.62. The molecule has 2 nitrogen and oxygen atoms in total. The maximum Gasteiger partial charge on any atom is 0.115 e. The molecule has 1 fully saturated rings. The van der Waals surface area contributed by atoms with E-state index in [0.717, 1.165) is 18.9 Å². The van der Waals surface area contributed by atoms with Crippen LogP contribution >= 0.6 is 0 Å². The van der Waals surface area contributed by atoms with Crippen LogP contribution in [-0.2, 0) is 6.42 Å². The molecule has 1 saturated carbocycles. The van der Waals surface area contributed by atoms with Crippen LogP contribution in [0.15, 0.2) is 24.3 Å². The van der Waals surface area contributed by atoms with Gasteiger partial charge in [-0.05, 0) is 55.3 Å². The Labute approximate surface area is 97.7 Å². The minimum Gasteiger partial charge on any atom is -0.508 e. The Morgan fingerprint density at radius 1 is 1.31 bits per heavy atom. The molecule has 1 aromatic carbocycles. The third kappa shape index (κ3) is 2.56. The number of rotatable bonds is 5. The molecule has 2 N–H and O–H groups in total. The molecule has 0 aliphatic heterocycles. The van der Waals surface area contributed by atoms with Crippen molar-refractivity contribution in [1.82, 2.24) is 5.32 Å². The Balaban J connectivity index is 2.07. The second kappa shape index (κ2) is 4.46. The number of phenolic OH excluding ortho intramolecular Hbond substituents is 1. The van der Waals surface area contributed by atoms with Crippen LogP contribution in [0, 0.1) is 11.3 Å². The molecule has 1 aromatic rings. The SMILES string of the molecule is CNCC(C)(Cc1ccc(O)cc1)C1CC1. The highest BCUT2D eigenvalue weighted by Crippen LogP contribution is 2.47. The third-order valence-electron chi connectivity index (χ3n) is 3.69. The van der Waals surface area contributed by atoms with Gasteiger partial charge in [-0.15, -0.1) is 0 Å². The Hall–Kier alpha value is -1.02. The summed E-state index contributed by atoms with van der Waals surface area (Å²) in [6.07, 6.45) is 3.84. The summed E-state index contributed by atoms with van der Waals surface area (Å²) in [7, 11) is 2.03. The lowest BCUT2D eigenvalue weighted by Crippen LogP contribution is -2.33. The predicted molar refractivity (Wildman–Crippen MR) is 66.6 cm³/mol. The monoisotopic (exact) mass is 219 g/mol. The first kappa shape index (κ1) is 11.5. The minimum atomic E-state index is 0.352. The number of nitrogens with one attached hydrogen (secondary N) is 1. The van der Waals surface area contributed by atoms with Crippen molar-refractivity contribution < 1.29 is 5.11 Å². The van der Waals surface area contributed by atoms with E-state index in [4.69, 9.17) is 0 Å². The number of aromatic hydroxyl groups is 1. The molecule has 1 unspecified atom stereocenters. The molecule has 0 bridgehead atoms. The Kier molecular flexibility index (Phi) is 3.20. The van der Waals surface area contributed by atoms with Crippen LogP contribution in [0.5, 0.6) is 5.75 Å². The first-order valence-electron chi connectivity index (χ1n) is 6.06. The molecule has 0 aromatic heterocycles. The summed E-state index contributed by atoms with van der Waals surface area (Å²) in [6.45, 7) is 3.44. The van der Waals surface area contributed by atoms with E-state index in [1.165, 1.54) is 18.4 Å². The first-order chi connectivity index (χ1) is 7.64. The maximum absolute atomic E-state index is 9.27. The number of hydrogen-bond donors (Lipinski definition) is 2. The van der Waals surface area contributed by atoms with Gasteiger partial charge in [-0.1, -0.05) is 19.1 Å². The summed E-state index contributed by atoms with van der Waals surface area (Å²) in [5.74, 6) is 1.22. The van der Waals surface area contributed by atoms with Crippen molar-refractivity contribution in [3.8, 4) is 5.75 Å². The van der Waals surface area contributed by atoms with Crippen molar-refractivity contribution >= 4 is 0 Å². The van der Waals surface area contributed by atoms with Crippen molar-refractivity contribution in [2.45, 2.75) is 26.2 Å². The highest BCUT2D eigenvalue weighted by molar-refractivity contribution is 5.27. The Morgan fingerprint density at radius 3 is 2.44 bits per heavy atom. The molecule has 2 rings (SSSR count). The quantitative estimate of drug-likeness (QED) is 0.797. The van der Waals surface area contributed by atoms with Crippen LogP contribution in [0.1, 0.15) is 25.3 Å². The molecule has 0 heterocycles. The molecular weight excluding hydrogens is 198 g/mol. The zero-order valence-corrected chi connectivity index (χ0v) is 10.2. The van der Waals surface area contributed by atoms with Crippen molar-refractivity contribution in [2.75, 3.05) is 13.6 Å². The van der Waals surface area contributed by atoms with Gasteiger partial charge in [-0.25, -0.2) is 0 Å². The summed E-state index contributed by atoms with van der Waals surface area (Å²) in [5.41, 5.74) is 1.69. The van der Waals surface area contributed by atoms with Crippen molar-refractivity contribution in [3.05, 3.63) is 29.8 Å². The van der Waals surface area contributed by atoms with Gasteiger partial charge in [0.15, 0.2) is 0 Å². The summed E-state index contributed by atoms with van der Waals surface area (Å²) in [6, 6.07) is 7.63. The second-order valence-corrected chi connectivity index (χ2v) is 5.30. The summed E-state index contributed by atoms with van der Waals surface area (Å²) >= 11 is 0. The third-order valence-corrected chi connectivity index (χ3v) is 3.69. The molecule has 2 heteroatoms. The molecule has 1 aliphatic rings. The average Bonchev–Trinajstić information content (AvgIpc) is 3.05. The summed E-state index contributed by atoms with van der Waals surface area (Å²) in [5, 5.41) is 12.6. The predicted octanol–water partition coefficient (Wildman–Crippen LogP) is 2.57. The lowest BCUT2D eigenvalue weighted by molar-refractivity contribution is 0.263. The van der Waals surface area contributed by atoms with E-state index < -0.39 is 0 Å². The number of hydrogen-bond acceptors (Lipinski definition) is 2. The van der Waals surface area contributed by atoms with E-state index in [-0.39, 0.29) is 0 Å². The van der Waals surface area contributed by atoms with E-state index in [2.05, 4.69) is 12.2 Å². The van der Waals surface area contributed by atoms with E-state index >= 15 is 0 Å². The molecular formula is C14H21NO. The Bertz CT molecular complexity index is 342. The average molecular weight is 219 g/mol. The van der Waals surface area contributed by atoms with Crippen LogP contribution in [-0.4, -0.2) is 18.7 Å². The summed E-state index contributed by atoms with van der Waals surface area (Å²) in [4.78, 5) is 0. The van der Waals surface area contributed by atoms with Gasteiger partial charge in [0.05, 0.1) is 0 Å². The topological polar surface area (TPSA) is 32.3 Å². The molecule has 88 valence electrons. The lowest BCUT2D eigenvalue weighted by Gasteiger charge is -2.29. The van der Waals surface area contributed by atoms with Crippen molar-refractivity contribution in [3.63, 3.8) is 0 Å². The Morgan fingerprint density at radius 2 is 1.94 bits per heavy atom. The number of phenols is 1. The smallest absolute Gasteiger partial charge is 0.115 e. The van der Waals surface area contributed by atoms with Gasteiger partial charge < -0.3 is 10.4 Å². The van der Waals surface area contributed by atoms with Crippen LogP contribution in [0.4, 0.5) is 0 Å². The van der Waals surface area contributed by atoms with Gasteiger partial charge in [-0.2, -0.15) is 0 Å². The van der Waals surface area contributed by atoms with Gasteiger partial charge in [0, 0.05) is 6.54 Å². The van der Waals surface area contributed by atoms with E-state index in [1.54, 1.807) is 12.1 Å². The largest absolute Gasteiger partial charge is 0.508 e. The van der Waals surface area contributed by atoms with E-state index in [0.29, 0.717) is 11.2 Å². The number of benzene rings is 1. The van der Waals surface area contributed by atoms with Crippen LogP contribution < -0.4 is 5.32 Å². The van der Waals surface area contributed by atoms with Crippen LogP contribution in [0.25, 0.3) is 0 Å². The summed E-state index contributed by atoms with van der Waals surface area (Å²) < 4.78 is 0. The molecule has 0 amide bonds. The van der Waals surface area contributed by atoms with E-state index in [9.17, 15) is 5.11 Å². The zero-order valence-electron chi connectivity index (χ0n) is 10.2. The molecule has 16 heavy (non-hydrogen) atoms. The zero-order chi connectivity index (χ0) is 11.6. The molecule has 1 atom stereocenters. The molecule has 0 spiro atoms. The van der Waals surface area contributed by atoms with Crippen LogP contribution in [0.3, 0.4) is 0 Å². The fourth-order valence-electron chi connectivity index (χ4n) is 2.62. The van der Waals surface area contributed by atoms with Gasteiger partial charge in [0.25, 0.3) is 0 Å². The molecule has 0 saturated heterocycles. The molecule has 1 aliphatic carbocycles. The highest BCUT2D eigenvalue weighted by Gasteiger charge is 2.40. The van der Waals surface area contributed by atoms with E-state index in [1.807, 2.05) is 19.2 Å². The van der Waals surface area contributed by atoms with Crippen LogP contribution in [0.2, 0.25) is 0 Å². The fraction of sp³-hybridized carbons (Fsp3) is 0.571. The highest BCUT2D eigenvalue weighted by atomic mass is 16.3.